The lowest BCUT2D eigenvalue weighted by atomic mass is 10.1. The number of nitrogens with zero attached hydrogens (tertiary/aromatic N) is 1. The summed E-state index contributed by atoms with van der Waals surface area (Å²) in [6.07, 6.45) is 0.575. The number of nitrogens with two attached hydrogens (primary N) is 2. The Hall–Kier alpha value is -3.52. The number of carbonyl (C=O) groups excluding carboxylic acids is 2. The fourth-order valence-corrected chi connectivity index (χ4v) is 2.67. The SMILES string of the molecule is COc1cc2nccc(Oc3ccc(OC(N)=O)c(Cl)c3)c2cc1C(N)=O. The average molecular weight is 388 g/mol. The van der Waals surface area contributed by atoms with Gasteiger partial charge in [-0.05, 0) is 24.3 Å². The Morgan fingerprint density at radius 2 is 1.81 bits per heavy atom. The topological polar surface area (TPSA) is 127 Å². The summed E-state index contributed by atoms with van der Waals surface area (Å²) in [4.78, 5) is 26.8. The second-order valence-corrected chi connectivity index (χ2v) is 5.77. The Morgan fingerprint density at radius 1 is 1.04 bits per heavy atom. The van der Waals surface area contributed by atoms with Crippen molar-refractivity contribution >= 4 is 34.5 Å². The summed E-state index contributed by atoms with van der Waals surface area (Å²) in [5.41, 5.74) is 11.1. The molecule has 0 aliphatic rings. The number of methoxy groups -OCH3 is 1. The van der Waals surface area contributed by atoms with Gasteiger partial charge in [-0.3, -0.25) is 9.78 Å². The number of primary amides is 2. The number of aromatic nitrogens is 1. The molecule has 9 heteroatoms. The third kappa shape index (κ3) is 3.85. The van der Waals surface area contributed by atoms with E-state index in [0.717, 1.165) is 0 Å². The molecule has 0 unspecified atom stereocenters. The van der Waals surface area contributed by atoms with Crippen molar-refractivity contribution in [2.45, 2.75) is 0 Å². The first-order chi connectivity index (χ1) is 12.9. The summed E-state index contributed by atoms with van der Waals surface area (Å²) in [6, 6.07) is 9.23. The van der Waals surface area contributed by atoms with Crippen LogP contribution in [0.2, 0.25) is 5.02 Å². The molecule has 4 N–H and O–H groups in total. The molecule has 3 aromatic rings. The van der Waals surface area contributed by atoms with Crippen LogP contribution in [-0.2, 0) is 0 Å². The zero-order valence-electron chi connectivity index (χ0n) is 14.1. The predicted octanol–water partition coefficient (Wildman–Crippen LogP) is 3.25. The Bertz CT molecular complexity index is 1050. The van der Waals surface area contributed by atoms with Crippen molar-refractivity contribution < 1.29 is 23.8 Å². The van der Waals surface area contributed by atoms with Crippen LogP contribution in [0.15, 0.2) is 42.6 Å². The quantitative estimate of drug-likeness (QED) is 0.691. The van der Waals surface area contributed by atoms with Gasteiger partial charge < -0.3 is 25.7 Å². The molecule has 0 atom stereocenters. The molecule has 0 bridgehead atoms. The van der Waals surface area contributed by atoms with Gasteiger partial charge in [-0.2, -0.15) is 0 Å². The third-order valence-corrected chi connectivity index (χ3v) is 3.93. The van der Waals surface area contributed by atoms with Gasteiger partial charge in [0.2, 0.25) is 0 Å². The van der Waals surface area contributed by atoms with E-state index in [1.54, 1.807) is 30.5 Å². The van der Waals surface area contributed by atoms with Crippen LogP contribution >= 0.6 is 11.6 Å². The van der Waals surface area contributed by atoms with Gasteiger partial charge in [-0.25, -0.2) is 4.79 Å². The summed E-state index contributed by atoms with van der Waals surface area (Å²) in [5, 5.41) is 0.699. The van der Waals surface area contributed by atoms with E-state index in [0.29, 0.717) is 28.2 Å². The summed E-state index contributed by atoms with van der Waals surface area (Å²) in [5.74, 6) is 0.581. The van der Waals surface area contributed by atoms with Crippen LogP contribution < -0.4 is 25.7 Å². The van der Waals surface area contributed by atoms with E-state index in [9.17, 15) is 9.59 Å². The molecule has 138 valence electrons. The number of hydrogen-bond acceptors (Lipinski definition) is 6. The molecule has 27 heavy (non-hydrogen) atoms. The van der Waals surface area contributed by atoms with Crippen molar-refractivity contribution in [1.82, 2.24) is 4.98 Å². The van der Waals surface area contributed by atoms with Crippen molar-refractivity contribution in [2.75, 3.05) is 7.11 Å². The lowest BCUT2D eigenvalue weighted by Gasteiger charge is -2.12. The van der Waals surface area contributed by atoms with Gasteiger partial charge in [-0.15, -0.1) is 0 Å². The Labute approximate surface area is 158 Å². The Balaban J connectivity index is 2.02. The molecule has 2 amide bonds. The number of fused-ring (bicyclic) bond motifs is 1. The lowest BCUT2D eigenvalue weighted by Crippen LogP contribution is -2.16. The van der Waals surface area contributed by atoms with Crippen molar-refractivity contribution in [1.29, 1.82) is 0 Å². The summed E-state index contributed by atoms with van der Waals surface area (Å²) in [7, 11) is 1.44. The fourth-order valence-electron chi connectivity index (χ4n) is 2.46. The highest BCUT2D eigenvalue weighted by molar-refractivity contribution is 6.32. The molecule has 0 saturated heterocycles. The third-order valence-electron chi connectivity index (χ3n) is 3.63. The van der Waals surface area contributed by atoms with Crippen molar-refractivity contribution in [3.63, 3.8) is 0 Å². The molecule has 8 nitrogen and oxygen atoms in total. The molecule has 0 spiro atoms. The molecule has 2 aromatic carbocycles. The van der Waals surface area contributed by atoms with Crippen LogP contribution in [0.25, 0.3) is 10.9 Å². The molecule has 1 aromatic heterocycles. The van der Waals surface area contributed by atoms with Gasteiger partial charge >= 0.3 is 6.09 Å². The number of benzene rings is 2. The van der Waals surface area contributed by atoms with Gasteiger partial charge in [0.05, 0.1) is 23.2 Å². The molecule has 0 aliphatic heterocycles. The second-order valence-electron chi connectivity index (χ2n) is 5.36. The number of amides is 2. The van der Waals surface area contributed by atoms with Gasteiger partial charge in [0, 0.05) is 23.7 Å². The fraction of sp³-hybridized carbons (Fsp3) is 0.0556. The maximum Gasteiger partial charge on any atom is 0.410 e. The molecule has 0 fully saturated rings. The maximum absolute atomic E-state index is 11.7. The van der Waals surface area contributed by atoms with Crippen LogP contribution in [0.1, 0.15) is 10.4 Å². The van der Waals surface area contributed by atoms with E-state index in [2.05, 4.69) is 4.98 Å². The molecule has 0 aliphatic carbocycles. The van der Waals surface area contributed by atoms with E-state index in [-0.39, 0.29) is 16.3 Å². The summed E-state index contributed by atoms with van der Waals surface area (Å²) in [6.45, 7) is 0. The van der Waals surface area contributed by atoms with E-state index in [1.165, 1.54) is 19.2 Å². The first-order valence-corrected chi connectivity index (χ1v) is 7.98. The standard InChI is InChI=1S/C18H14ClN3O5/c1-25-16-8-13-10(7-11(16)17(20)23)14(4-5-22-13)26-9-2-3-15(12(19)6-9)27-18(21)24/h2-8H,1H3,(H2,20,23)(H2,21,24). The number of ether oxygens (including phenoxy) is 3. The highest BCUT2D eigenvalue weighted by Gasteiger charge is 2.15. The normalized spacial score (nSPS) is 10.4. The summed E-state index contributed by atoms with van der Waals surface area (Å²) < 4.78 is 15.8. The molecule has 3 rings (SSSR count). The first kappa shape index (κ1) is 18.3. The molecule has 1 heterocycles. The van der Waals surface area contributed by atoms with Crippen molar-refractivity contribution in [2.24, 2.45) is 11.5 Å². The van der Waals surface area contributed by atoms with Crippen LogP contribution in [0.3, 0.4) is 0 Å². The zero-order valence-corrected chi connectivity index (χ0v) is 14.8. The monoisotopic (exact) mass is 387 g/mol. The number of carbonyl (C=O) groups is 2. The largest absolute Gasteiger partial charge is 0.496 e. The molecular weight excluding hydrogens is 374 g/mol. The van der Waals surface area contributed by atoms with Crippen molar-refractivity contribution in [3.8, 4) is 23.0 Å². The lowest BCUT2D eigenvalue weighted by molar-refractivity contribution is 0.0997. The number of rotatable bonds is 5. The molecule has 0 saturated carbocycles. The van der Waals surface area contributed by atoms with E-state index in [1.807, 2.05) is 0 Å². The Kier molecular flexibility index (Phi) is 5.00. The van der Waals surface area contributed by atoms with Gasteiger partial charge in [-0.1, -0.05) is 11.6 Å². The smallest absolute Gasteiger partial charge is 0.410 e. The second kappa shape index (κ2) is 7.38. The van der Waals surface area contributed by atoms with E-state index >= 15 is 0 Å². The maximum atomic E-state index is 11.7. The minimum absolute atomic E-state index is 0.108. The van der Waals surface area contributed by atoms with E-state index in [4.69, 9.17) is 37.3 Å². The van der Waals surface area contributed by atoms with Crippen LogP contribution in [0.4, 0.5) is 4.79 Å². The van der Waals surface area contributed by atoms with Gasteiger partial charge in [0.25, 0.3) is 5.91 Å². The van der Waals surface area contributed by atoms with Crippen LogP contribution in [0, 0.1) is 0 Å². The molecule has 0 radical (unpaired) electrons. The molecular formula is C18H14ClN3O5. The number of hydrogen-bond donors (Lipinski definition) is 2. The van der Waals surface area contributed by atoms with Gasteiger partial charge in [0.15, 0.2) is 5.75 Å². The van der Waals surface area contributed by atoms with E-state index < -0.39 is 12.0 Å². The highest BCUT2D eigenvalue weighted by Crippen LogP contribution is 2.35. The predicted molar refractivity (Wildman–Crippen MR) is 98.6 cm³/mol. The first-order valence-electron chi connectivity index (χ1n) is 7.60. The number of halogens is 1. The minimum atomic E-state index is -0.973. The average Bonchev–Trinajstić information content (AvgIpc) is 2.62. The summed E-state index contributed by atoms with van der Waals surface area (Å²) >= 11 is 6.06. The minimum Gasteiger partial charge on any atom is -0.496 e. The number of pyridine rings is 1. The zero-order chi connectivity index (χ0) is 19.6. The van der Waals surface area contributed by atoms with Crippen LogP contribution in [0.5, 0.6) is 23.0 Å². The van der Waals surface area contributed by atoms with Gasteiger partial charge in [0.1, 0.15) is 17.2 Å². The highest BCUT2D eigenvalue weighted by atomic mass is 35.5. The van der Waals surface area contributed by atoms with Crippen molar-refractivity contribution in [3.05, 3.63) is 53.2 Å². The van der Waals surface area contributed by atoms with Crippen LogP contribution in [-0.4, -0.2) is 24.1 Å². The Morgan fingerprint density at radius 3 is 2.44 bits per heavy atom.